The van der Waals surface area contributed by atoms with Crippen LogP contribution in [0.1, 0.15) is 32.0 Å². The molecule has 1 saturated heterocycles. The number of nitrogens with zero attached hydrogens (tertiary/aromatic N) is 4. The Hall–Kier alpha value is -2.89. The molecule has 2 heterocycles. The van der Waals surface area contributed by atoms with Crippen LogP contribution in [0.15, 0.2) is 53.7 Å². The molecule has 1 aromatic heterocycles. The van der Waals surface area contributed by atoms with Gasteiger partial charge in [-0.3, -0.25) is 4.79 Å². The topological polar surface area (TPSA) is 101 Å². The predicted octanol–water partition coefficient (Wildman–Crippen LogP) is 2.35. The van der Waals surface area contributed by atoms with Gasteiger partial charge in [-0.25, -0.2) is 15.0 Å². The van der Waals surface area contributed by atoms with Gasteiger partial charge in [-0.05, 0) is 32.9 Å². The summed E-state index contributed by atoms with van der Waals surface area (Å²) in [4.78, 5) is 22.8. The summed E-state index contributed by atoms with van der Waals surface area (Å²) in [6, 6.07) is 15.2. The minimum atomic E-state index is -1.39. The highest BCUT2D eigenvalue weighted by Gasteiger charge is 2.36. The quantitative estimate of drug-likeness (QED) is 0.302. The Labute approximate surface area is 194 Å². The third-order valence-corrected chi connectivity index (χ3v) is 5.04. The molecule has 1 amide bonds. The largest absolute Gasteiger partial charge is 0.389 e. The first-order valence-corrected chi connectivity index (χ1v) is 10.9. The highest BCUT2D eigenvalue weighted by Crippen LogP contribution is 2.18. The first-order chi connectivity index (χ1) is 15.9. The molecule has 0 bridgehead atoms. The third kappa shape index (κ3) is 6.12. The van der Waals surface area contributed by atoms with Gasteiger partial charge in [-0.15, -0.1) is 0 Å². The van der Waals surface area contributed by atoms with Gasteiger partial charge in [0.25, 0.3) is 5.91 Å². The fourth-order valence-corrected chi connectivity index (χ4v) is 3.54. The molecular weight excluding hydrogens is 424 g/mol. The molecule has 2 aromatic rings. The number of ether oxygens (including phenoxy) is 2. The second-order valence-corrected chi connectivity index (χ2v) is 7.59. The molecule has 0 radical (unpaired) electrons. The molecule has 3 rings (SSSR count). The summed E-state index contributed by atoms with van der Waals surface area (Å²) in [7, 11) is 3.88. The summed E-state index contributed by atoms with van der Waals surface area (Å²) in [5.41, 5.74) is 5.48. The zero-order valence-electron chi connectivity index (χ0n) is 19.7. The van der Waals surface area contributed by atoms with Crippen molar-refractivity contribution in [2.45, 2.75) is 39.3 Å². The number of benzene rings is 1. The number of hydrogen-bond acceptors (Lipinski definition) is 9. The molecule has 178 valence electrons. The highest BCUT2D eigenvalue weighted by atomic mass is 16.7. The van der Waals surface area contributed by atoms with Crippen molar-refractivity contribution in [1.29, 1.82) is 0 Å². The standard InChI is InChI=1S/C23H32N6O4/c1-6-31-23(3,32-7-2)22(30)25-19-15-11-14-18(24-19)16-33-26-20(17-12-9-8-10-13-17)21-28(4)27-29(21)5/h8-15,21,27H,6-7,16H2,1-5H3,(H,24,25,30)/b26-20-. The molecule has 1 aromatic carbocycles. The average Bonchev–Trinajstić information content (AvgIpc) is 2.79. The molecule has 0 aliphatic carbocycles. The van der Waals surface area contributed by atoms with Gasteiger partial charge in [0.05, 0.1) is 5.69 Å². The zero-order chi connectivity index (χ0) is 23.8. The maximum absolute atomic E-state index is 12.7. The SMILES string of the molecule is CCOC(C)(OCC)C(=O)Nc1cccc(CO/N=C(/c2ccccc2)C2N(C)NN2C)n1. The summed E-state index contributed by atoms with van der Waals surface area (Å²) < 4.78 is 11.0. The number of likely N-dealkylation sites (N-methyl/N-ethyl adjacent to an activating group) is 2. The normalized spacial score (nSPS) is 15.8. The fraction of sp³-hybridized carbons (Fsp3) is 0.435. The van der Waals surface area contributed by atoms with Crippen molar-refractivity contribution >= 4 is 17.4 Å². The van der Waals surface area contributed by atoms with Gasteiger partial charge >= 0.3 is 0 Å². The number of pyridine rings is 1. The molecule has 10 nitrogen and oxygen atoms in total. The lowest BCUT2D eigenvalue weighted by molar-refractivity contribution is -0.214. The molecule has 0 unspecified atom stereocenters. The molecule has 2 N–H and O–H groups in total. The van der Waals surface area contributed by atoms with Crippen LogP contribution >= 0.6 is 0 Å². The van der Waals surface area contributed by atoms with E-state index in [-0.39, 0.29) is 12.8 Å². The van der Waals surface area contributed by atoms with E-state index in [0.29, 0.717) is 24.7 Å². The number of hydrazine groups is 2. The number of carbonyl (C=O) groups is 1. The smallest absolute Gasteiger partial charge is 0.285 e. The van der Waals surface area contributed by atoms with Crippen LogP contribution in [0.25, 0.3) is 0 Å². The summed E-state index contributed by atoms with van der Waals surface area (Å²) in [5.74, 6) is -1.44. The highest BCUT2D eigenvalue weighted by molar-refractivity contribution is 6.04. The van der Waals surface area contributed by atoms with Gasteiger partial charge in [0.1, 0.15) is 17.7 Å². The van der Waals surface area contributed by atoms with Gasteiger partial charge in [-0.1, -0.05) is 41.6 Å². The molecule has 0 spiro atoms. The van der Waals surface area contributed by atoms with Crippen LogP contribution in [0, 0.1) is 0 Å². The molecule has 1 aliphatic rings. The molecule has 10 heteroatoms. The number of rotatable bonds is 11. The van der Waals surface area contributed by atoms with Crippen LogP contribution in [-0.4, -0.2) is 65.9 Å². The van der Waals surface area contributed by atoms with Gasteiger partial charge in [0, 0.05) is 32.9 Å². The molecule has 1 aliphatic heterocycles. The molecule has 0 saturated carbocycles. The lowest BCUT2D eigenvalue weighted by atomic mass is 10.1. The van der Waals surface area contributed by atoms with Crippen molar-refractivity contribution in [1.82, 2.24) is 20.5 Å². The Balaban J connectivity index is 1.69. The Morgan fingerprint density at radius 1 is 1.09 bits per heavy atom. The number of amides is 1. The zero-order valence-corrected chi connectivity index (χ0v) is 19.7. The number of nitrogens with one attached hydrogen (secondary N) is 2. The van der Waals surface area contributed by atoms with E-state index < -0.39 is 11.7 Å². The van der Waals surface area contributed by atoms with E-state index in [4.69, 9.17) is 14.3 Å². The Morgan fingerprint density at radius 2 is 1.76 bits per heavy atom. The lowest BCUT2D eigenvalue weighted by Gasteiger charge is -2.47. The molecular formula is C23H32N6O4. The maximum atomic E-state index is 12.7. The van der Waals surface area contributed by atoms with Crippen LogP contribution in [0.3, 0.4) is 0 Å². The Kier molecular flexibility index (Phi) is 8.48. The van der Waals surface area contributed by atoms with Crippen LogP contribution in [-0.2, 0) is 25.7 Å². The fourth-order valence-electron chi connectivity index (χ4n) is 3.54. The average molecular weight is 457 g/mol. The van der Waals surface area contributed by atoms with Gasteiger partial charge in [0.15, 0.2) is 6.61 Å². The lowest BCUT2D eigenvalue weighted by Crippen LogP contribution is -2.72. The number of anilines is 1. The van der Waals surface area contributed by atoms with Crippen molar-refractivity contribution in [3.63, 3.8) is 0 Å². The van der Waals surface area contributed by atoms with E-state index in [9.17, 15) is 4.79 Å². The van der Waals surface area contributed by atoms with Gasteiger partial charge < -0.3 is 19.6 Å². The van der Waals surface area contributed by atoms with Crippen LogP contribution in [0.5, 0.6) is 0 Å². The van der Waals surface area contributed by atoms with Crippen molar-refractivity contribution in [3.8, 4) is 0 Å². The number of carbonyl (C=O) groups excluding carboxylic acids is 1. The molecule has 1 fully saturated rings. The van der Waals surface area contributed by atoms with Crippen molar-refractivity contribution in [2.75, 3.05) is 32.6 Å². The van der Waals surface area contributed by atoms with Crippen molar-refractivity contribution in [3.05, 3.63) is 59.8 Å². The number of oxime groups is 1. The Bertz CT molecular complexity index is 941. The summed E-state index contributed by atoms with van der Waals surface area (Å²) in [6.07, 6.45) is -0.0687. The van der Waals surface area contributed by atoms with E-state index in [1.165, 1.54) is 0 Å². The second kappa shape index (κ2) is 11.3. The van der Waals surface area contributed by atoms with Crippen LogP contribution in [0.4, 0.5) is 5.82 Å². The van der Waals surface area contributed by atoms with Crippen molar-refractivity contribution < 1.29 is 19.1 Å². The monoisotopic (exact) mass is 456 g/mol. The van der Waals surface area contributed by atoms with Gasteiger partial charge in [-0.2, -0.15) is 5.53 Å². The van der Waals surface area contributed by atoms with Gasteiger partial charge in [0.2, 0.25) is 5.79 Å². The summed E-state index contributed by atoms with van der Waals surface area (Å²) in [5, 5.41) is 11.1. The minimum Gasteiger partial charge on any atom is -0.389 e. The first-order valence-electron chi connectivity index (χ1n) is 10.9. The van der Waals surface area contributed by atoms with E-state index in [0.717, 1.165) is 11.3 Å². The predicted molar refractivity (Wildman–Crippen MR) is 125 cm³/mol. The molecule has 0 atom stereocenters. The van der Waals surface area contributed by atoms with Crippen LogP contribution in [0.2, 0.25) is 0 Å². The summed E-state index contributed by atoms with van der Waals surface area (Å²) >= 11 is 0. The molecule has 33 heavy (non-hydrogen) atoms. The van der Waals surface area contributed by atoms with Crippen molar-refractivity contribution in [2.24, 2.45) is 5.16 Å². The minimum absolute atomic E-state index is 0.0687. The maximum Gasteiger partial charge on any atom is 0.285 e. The number of aromatic nitrogens is 1. The van der Waals surface area contributed by atoms with E-state index in [1.807, 2.05) is 54.4 Å². The van der Waals surface area contributed by atoms with Crippen LogP contribution < -0.4 is 10.9 Å². The van der Waals surface area contributed by atoms with E-state index in [1.54, 1.807) is 39.0 Å². The second-order valence-electron chi connectivity index (χ2n) is 7.59. The summed E-state index contributed by atoms with van der Waals surface area (Å²) in [6.45, 7) is 6.02. The third-order valence-electron chi connectivity index (χ3n) is 5.04. The van der Waals surface area contributed by atoms with E-state index >= 15 is 0 Å². The number of hydrogen-bond donors (Lipinski definition) is 2. The van der Waals surface area contributed by atoms with E-state index in [2.05, 4.69) is 21.0 Å². The Morgan fingerprint density at radius 3 is 2.36 bits per heavy atom. The first kappa shape index (κ1) is 24.7.